The van der Waals surface area contributed by atoms with E-state index in [0.29, 0.717) is 14.9 Å². The molecule has 0 bridgehead atoms. The number of thiophene rings is 1. The van der Waals surface area contributed by atoms with Crippen LogP contribution in [0.25, 0.3) is 0 Å². The SMILES string of the molecule is CC(=O)CC(=O)Nc1sc(Cl)cc1C(C)=O. The molecule has 16 heavy (non-hydrogen) atoms. The smallest absolute Gasteiger partial charge is 0.232 e. The van der Waals surface area contributed by atoms with E-state index in [0.717, 1.165) is 11.3 Å². The Hall–Kier alpha value is -1.20. The van der Waals surface area contributed by atoms with Crippen molar-refractivity contribution in [1.29, 1.82) is 0 Å². The molecule has 1 aromatic rings. The van der Waals surface area contributed by atoms with Gasteiger partial charge in [-0.05, 0) is 19.9 Å². The largest absolute Gasteiger partial charge is 0.317 e. The van der Waals surface area contributed by atoms with Crippen molar-refractivity contribution in [2.45, 2.75) is 20.3 Å². The average molecular weight is 260 g/mol. The summed E-state index contributed by atoms with van der Waals surface area (Å²) in [7, 11) is 0. The maximum absolute atomic E-state index is 11.3. The van der Waals surface area contributed by atoms with Crippen LogP contribution in [-0.2, 0) is 9.59 Å². The van der Waals surface area contributed by atoms with Gasteiger partial charge in [-0.2, -0.15) is 0 Å². The Morgan fingerprint density at radius 3 is 2.50 bits per heavy atom. The first-order valence-corrected chi connectivity index (χ1v) is 5.69. The number of rotatable bonds is 4. The van der Waals surface area contributed by atoms with Gasteiger partial charge in [-0.25, -0.2) is 0 Å². The Morgan fingerprint density at radius 1 is 1.38 bits per heavy atom. The molecule has 0 saturated heterocycles. The second kappa shape index (κ2) is 5.23. The van der Waals surface area contributed by atoms with E-state index in [9.17, 15) is 14.4 Å². The lowest BCUT2D eigenvalue weighted by Gasteiger charge is -2.02. The van der Waals surface area contributed by atoms with Crippen LogP contribution in [0.5, 0.6) is 0 Å². The quantitative estimate of drug-likeness (QED) is 0.668. The lowest BCUT2D eigenvalue weighted by atomic mass is 10.2. The molecule has 6 heteroatoms. The van der Waals surface area contributed by atoms with E-state index in [-0.39, 0.29) is 18.0 Å². The zero-order valence-corrected chi connectivity index (χ0v) is 10.4. The molecule has 0 aliphatic heterocycles. The molecule has 1 aromatic heterocycles. The number of hydrogen-bond donors (Lipinski definition) is 1. The van der Waals surface area contributed by atoms with Crippen LogP contribution in [0.2, 0.25) is 4.34 Å². The van der Waals surface area contributed by atoms with Crippen molar-refractivity contribution in [3.8, 4) is 0 Å². The minimum Gasteiger partial charge on any atom is -0.317 e. The van der Waals surface area contributed by atoms with Gasteiger partial charge >= 0.3 is 0 Å². The molecule has 0 radical (unpaired) electrons. The van der Waals surface area contributed by atoms with E-state index in [1.165, 1.54) is 19.9 Å². The van der Waals surface area contributed by atoms with E-state index in [4.69, 9.17) is 11.6 Å². The first-order chi connectivity index (χ1) is 7.40. The Labute approximate surface area is 102 Å². The lowest BCUT2D eigenvalue weighted by molar-refractivity contribution is -0.124. The second-order valence-electron chi connectivity index (χ2n) is 3.28. The summed E-state index contributed by atoms with van der Waals surface area (Å²) >= 11 is 6.85. The summed E-state index contributed by atoms with van der Waals surface area (Å²) in [5.74, 6) is -0.848. The molecule has 86 valence electrons. The molecule has 0 spiro atoms. The van der Waals surface area contributed by atoms with Crippen LogP contribution in [0, 0.1) is 0 Å². The number of nitrogens with one attached hydrogen (secondary N) is 1. The normalized spacial score (nSPS) is 9.94. The highest BCUT2D eigenvalue weighted by molar-refractivity contribution is 7.20. The molecule has 0 aromatic carbocycles. The molecule has 0 fully saturated rings. The average Bonchev–Trinajstić information content (AvgIpc) is 2.44. The van der Waals surface area contributed by atoms with Crippen molar-refractivity contribution in [3.63, 3.8) is 0 Å². The van der Waals surface area contributed by atoms with E-state index >= 15 is 0 Å². The Kier molecular flexibility index (Phi) is 4.20. The predicted molar refractivity (Wildman–Crippen MR) is 63.3 cm³/mol. The van der Waals surface area contributed by atoms with Crippen molar-refractivity contribution < 1.29 is 14.4 Å². The molecular weight excluding hydrogens is 250 g/mol. The fourth-order valence-corrected chi connectivity index (χ4v) is 2.30. The van der Waals surface area contributed by atoms with Crippen LogP contribution in [0.15, 0.2) is 6.07 Å². The van der Waals surface area contributed by atoms with Crippen LogP contribution in [0.1, 0.15) is 30.6 Å². The van der Waals surface area contributed by atoms with Gasteiger partial charge in [0.15, 0.2) is 5.78 Å². The zero-order chi connectivity index (χ0) is 12.3. The van der Waals surface area contributed by atoms with Gasteiger partial charge in [0.25, 0.3) is 0 Å². The van der Waals surface area contributed by atoms with Crippen LogP contribution in [0.4, 0.5) is 5.00 Å². The van der Waals surface area contributed by atoms with Crippen molar-refractivity contribution in [3.05, 3.63) is 16.0 Å². The van der Waals surface area contributed by atoms with Gasteiger partial charge < -0.3 is 5.32 Å². The monoisotopic (exact) mass is 259 g/mol. The number of Topliss-reactive ketones (excluding diaryl/α,β-unsaturated/α-hetero) is 2. The molecule has 0 atom stereocenters. The molecule has 1 rings (SSSR count). The number of carbonyl (C=O) groups is 3. The number of ketones is 2. The van der Waals surface area contributed by atoms with Gasteiger partial charge in [0, 0.05) is 0 Å². The molecule has 4 nitrogen and oxygen atoms in total. The topological polar surface area (TPSA) is 63.2 Å². The number of halogens is 1. The van der Waals surface area contributed by atoms with Crippen LogP contribution >= 0.6 is 22.9 Å². The maximum Gasteiger partial charge on any atom is 0.232 e. The molecule has 0 aliphatic carbocycles. The third-order valence-corrected chi connectivity index (χ3v) is 2.92. The van der Waals surface area contributed by atoms with Gasteiger partial charge in [-0.1, -0.05) is 11.6 Å². The minimum atomic E-state index is -0.437. The fraction of sp³-hybridized carbons (Fsp3) is 0.300. The Bertz CT molecular complexity index is 453. The van der Waals surface area contributed by atoms with Crippen molar-refractivity contribution >= 4 is 45.4 Å². The summed E-state index contributed by atoms with van der Waals surface area (Å²) in [6, 6.07) is 1.50. The third-order valence-electron chi connectivity index (χ3n) is 1.74. The summed E-state index contributed by atoms with van der Waals surface area (Å²) < 4.78 is 0.420. The Morgan fingerprint density at radius 2 is 2.00 bits per heavy atom. The molecule has 0 aliphatic rings. The van der Waals surface area contributed by atoms with Gasteiger partial charge in [0.1, 0.15) is 10.8 Å². The highest BCUT2D eigenvalue weighted by atomic mass is 35.5. The molecule has 0 unspecified atom stereocenters. The minimum absolute atomic E-state index is 0.179. The first kappa shape index (κ1) is 12.9. The Balaban J connectivity index is 2.84. The first-order valence-electron chi connectivity index (χ1n) is 4.49. The number of hydrogen-bond acceptors (Lipinski definition) is 4. The summed E-state index contributed by atoms with van der Waals surface area (Å²) in [5.41, 5.74) is 0.368. The van der Waals surface area contributed by atoms with E-state index < -0.39 is 5.91 Å². The standard InChI is InChI=1S/C10H10ClNO3S/c1-5(13)3-9(15)12-10-7(6(2)14)4-8(11)16-10/h4H,3H2,1-2H3,(H,12,15). The summed E-state index contributed by atoms with van der Waals surface area (Å²) in [6.07, 6.45) is -0.202. The van der Waals surface area contributed by atoms with Crippen molar-refractivity contribution in [2.24, 2.45) is 0 Å². The van der Waals surface area contributed by atoms with Gasteiger partial charge in [0.2, 0.25) is 5.91 Å². The summed E-state index contributed by atoms with van der Waals surface area (Å²) in [5, 5.41) is 2.89. The summed E-state index contributed by atoms with van der Waals surface area (Å²) in [6.45, 7) is 2.71. The third kappa shape index (κ3) is 3.43. The predicted octanol–water partition coefficient (Wildman–Crippen LogP) is 2.52. The molecule has 1 heterocycles. The second-order valence-corrected chi connectivity index (χ2v) is 4.96. The lowest BCUT2D eigenvalue weighted by Crippen LogP contribution is -2.15. The van der Waals surface area contributed by atoms with Gasteiger partial charge in [0.05, 0.1) is 16.3 Å². The number of carbonyl (C=O) groups excluding carboxylic acids is 3. The zero-order valence-electron chi connectivity index (χ0n) is 8.80. The van der Waals surface area contributed by atoms with E-state index in [2.05, 4.69) is 5.32 Å². The van der Waals surface area contributed by atoms with Crippen LogP contribution < -0.4 is 5.32 Å². The summed E-state index contributed by atoms with van der Waals surface area (Å²) in [4.78, 5) is 33.3. The van der Waals surface area contributed by atoms with E-state index in [1.54, 1.807) is 0 Å². The molecular formula is C10H10ClNO3S. The number of anilines is 1. The van der Waals surface area contributed by atoms with Crippen LogP contribution in [0.3, 0.4) is 0 Å². The number of amides is 1. The molecule has 1 N–H and O–H groups in total. The fourth-order valence-electron chi connectivity index (χ4n) is 1.11. The molecule has 0 saturated carbocycles. The van der Waals surface area contributed by atoms with Crippen molar-refractivity contribution in [1.82, 2.24) is 0 Å². The highest BCUT2D eigenvalue weighted by Gasteiger charge is 2.15. The van der Waals surface area contributed by atoms with E-state index in [1.807, 2.05) is 0 Å². The maximum atomic E-state index is 11.3. The highest BCUT2D eigenvalue weighted by Crippen LogP contribution is 2.32. The van der Waals surface area contributed by atoms with Gasteiger partial charge in [-0.15, -0.1) is 11.3 Å². The van der Waals surface area contributed by atoms with Gasteiger partial charge in [-0.3, -0.25) is 14.4 Å². The molecule has 1 amide bonds. The van der Waals surface area contributed by atoms with Crippen molar-refractivity contribution in [2.75, 3.05) is 5.32 Å². The van der Waals surface area contributed by atoms with Crippen LogP contribution in [-0.4, -0.2) is 17.5 Å².